The summed E-state index contributed by atoms with van der Waals surface area (Å²) in [7, 11) is 0. The fourth-order valence-corrected chi connectivity index (χ4v) is 3.58. The van der Waals surface area contributed by atoms with E-state index in [2.05, 4.69) is 0 Å². The topological polar surface area (TPSA) is 17.1 Å². The van der Waals surface area contributed by atoms with Crippen LogP contribution in [0.2, 0.25) is 0 Å². The van der Waals surface area contributed by atoms with Crippen LogP contribution in [0.5, 0.6) is 0 Å². The first-order chi connectivity index (χ1) is 6.27. The molecule has 74 valence electrons. The molecule has 0 N–H and O–H groups in total. The second kappa shape index (κ2) is 3.61. The van der Waals surface area contributed by atoms with Crippen LogP contribution in [0.4, 0.5) is 0 Å². The Morgan fingerprint density at radius 2 is 2.00 bits per heavy atom. The van der Waals surface area contributed by atoms with E-state index < -0.39 is 0 Å². The molecule has 0 saturated heterocycles. The van der Waals surface area contributed by atoms with Gasteiger partial charge in [-0.2, -0.15) is 0 Å². The molecule has 0 aromatic rings. The van der Waals surface area contributed by atoms with Crippen LogP contribution in [0.1, 0.15) is 44.9 Å². The lowest BCUT2D eigenvalue weighted by Gasteiger charge is -2.40. The normalized spacial score (nSPS) is 32.7. The maximum atomic E-state index is 11.3. The van der Waals surface area contributed by atoms with Crippen molar-refractivity contribution in [2.75, 3.05) is 5.88 Å². The Hall–Kier alpha value is -0.0400. The number of ketones is 1. The van der Waals surface area contributed by atoms with Gasteiger partial charge in [0.2, 0.25) is 0 Å². The molecule has 1 unspecified atom stereocenters. The summed E-state index contributed by atoms with van der Waals surface area (Å²) in [6, 6.07) is 0. The lowest BCUT2D eigenvalue weighted by molar-refractivity contribution is -0.124. The Labute approximate surface area is 84.8 Å². The van der Waals surface area contributed by atoms with Gasteiger partial charge >= 0.3 is 0 Å². The Bertz CT molecular complexity index is 206. The van der Waals surface area contributed by atoms with Crippen molar-refractivity contribution in [3.8, 4) is 0 Å². The highest BCUT2D eigenvalue weighted by molar-refractivity contribution is 6.18. The van der Waals surface area contributed by atoms with Crippen molar-refractivity contribution in [2.45, 2.75) is 44.9 Å². The smallest absolute Gasteiger partial charge is 0.133 e. The lowest BCUT2D eigenvalue weighted by Crippen LogP contribution is -2.35. The minimum Gasteiger partial charge on any atom is -0.300 e. The molecule has 2 rings (SSSR count). The van der Waals surface area contributed by atoms with E-state index in [0.717, 1.165) is 19.3 Å². The summed E-state index contributed by atoms with van der Waals surface area (Å²) in [4.78, 5) is 11.3. The zero-order chi connectivity index (χ0) is 9.31. The van der Waals surface area contributed by atoms with Gasteiger partial charge in [0.15, 0.2) is 0 Å². The van der Waals surface area contributed by atoms with E-state index in [4.69, 9.17) is 11.6 Å². The monoisotopic (exact) mass is 200 g/mol. The fourth-order valence-electron chi connectivity index (χ4n) is 3.14. The molecule has 1 spiro atoms. The summed E-state index contributed by atoms with van der Waals surface area (Å²) >= 11 is 5.96. The maximum absolute atomic E-state index is 11.3. The zero-order valence-corrected chi connectivity index (χ0v) is 8.78. The summed E-state index contributed by atoms with van der Waals surface area (Å²) in [5, 5.41) is 0. The van der Waals surface area contributed by atoms with E-state index in [0.29, 0.717) is 23.0 Å². The van der Waals surface area contributed by atoms with E-state index in [1.54, 1.807) is 0 Å². The molecule has 2 aliphatic carbocycles. The van der Waals surface area contributed by atoms with Gasteiger partial charge in [-0.3, -0.25) is 4.79 Å². The first-order valence-electron chi connectivity index (χ1n) is 5.34. The summed E-state index contributed by atoms with van der Waals surface area (Å²) < 4.78 is 0. The van der Waals surface area contributed by atoms with Gasteiger partial charge in [-0.15, -0.1) is 11.6 Å². The number of carbonyl (C=O) groups is 1. The second-order valence-electron chi connectivity index (χ2n) is 4.66. The van der Waals surface area contributed by atoms with Crippen LogP contribution in [0.25, 0.3) is 0 Å². The van der Waals surface area contributed by atoms with E-state index in [-0.39, 0.29) is 0 Å². The largest absolute Gasteiger partial charge is 0.300 e. The highest BCUT2D eigenvalue weighted by atomic mass is 35.5. The summed E-state index contributed by atoms with van der Waals surface area (Å²) in [5.74, 6) is 1.60. The molecule has 0 aromatic heterocycles. The third-order valence-electron chi connectivity index (χ3n) is 4.03. The molecule has 2 heteroatoms. The van der Waals surface area contributed by atoms with Gasteiger partial charge in [-0.1, -0.05) is 12.8 Å². The number of rotatable bonds is 1. The van der Waals surface area contributed by atoms with Crippen molar-refractivity contribution in [2.24, 2.45) is 11.3 Å². The molecule has 2 saturated carbocycles. The molecular formula is C11H17ClO. The predicted molar refractivity (Wildman–Crippen MR) is 54.0 cm³/mol. The standard InChI is InChI=1S/C11H17ClO/c12-8-9-7-10(13)3-6-11(9)4-1-2-5-11/h9H,1-8H2. The highest BCUT2D eigenvalue weighted by Gasteiger charge is 2.44. The molecule has 0 aromatic carbocycles. The zero-order valence-electron chi connectivity index (χ0n) is 8.02. The third-order valence-corrected chi connectivity index (χ3v) is 4.40. The van der Waals surface area contributed by atoms with E-state index in [1.165, 1.54) is 25.7 Å². The summed E-state index contributed by atoms with van der Waals surface area (Å²) in [6.07, 6.45) is 8.01. The Kier molecular flexibility index (Phi) is 2.64. The number of hydrogen-bond donors (Lipinski definition) is 0. The average molecular weight is 201 g/mol. The van der Waals surface area contributed by atoms with Crippen LogP contribution in [-0.4, -0.2) is 11.7 Å². The molecule has 0 aliphatic heterocycles. The van der Waals surface area contributed by atoms with Crippen molar-refractivity contribution in [3.05, 3.63) is 0 Å². The van der Waals surface area contributed by atoms with E-state index in [1.807, 2.05) is 0 Å². The van der Waals surface area contributed by atoms with Gasteiger partial charge < -0.3 is 0 Å². The van der Waals surface area contributed by atoms with Gasteiger partial charge in [-0.25, -0.2) is 0 Å². The lowest BCUT2D eigenvalue weighted by atomic mass is 9.65. The average Bonchev–Trinajstić information content (AvgIpc) is 2.59. The van der Waals surface area contributed by atoms with Crippen LogP contribution in [-0.2, 0) is 4.79 Å². The second-order valence-corrected chi connectivity index (χ2v) is 4.97. The van der Waals surface area contributed by atoms with E-state index >= 15 is 0 Å². The predicted octanol–water partition coefficient (Wildman–Crippen LogP) is 3.15. The van der Waals surface area contributed by atoms with Gasteiger partial charge in [-0.05, 0) is 30.6 Å². The molecule has 1 atom stereocenters. The Morgan fingerprint density at radius 3 is 2.62 bits per heavy atom. The number of Topliss-reactive ketones (excluding diaryl/α,β-unsaturated/α-hetero) is 1. The van der Waals surface area contributed by atoms with Crippen molar-refractivity contribution >= 4 is 17.4 Å². The Morgan fingerprint density at radius 1 is 1.31 bits per heavy atom. The molecule has 0 radical (unpaired) electrons. The van der Waals surface area contributed by atoms with Gasteiger partial charge in [0.05, 0.1) is 0 Å². The quantitative estimate of drug-likeness (QED) is 0.595. The molecule has 2 aliphatic rings. The first kappa shape index (κ1) is 9.51. The first-order valence-corrected chi connectivity index (χ1v) is 5.88. The molecule has 1 nitrogen and oxygen atoms in total. The molecular weight excluding hydrogens is 184 g/mol. The van der Waals surface area contributed by atoms with Crippen LogP contribution in [0, 0.1) is 11.3 Å². The third kappa shape index (κ3) is 1.63. The van der Waals surface area contributed by atoms with Gasteiger partial charge in [0, 0.05) is 18.7 Å². The summed E-state index contributed by atoms with van der Waals surface area (Å²) in [6.45, 7) is 0. The molecule has 0 bridgehead atoms. The summed E-state index contributed by atoms with van der Waals surface area (Å²) in [5.41, 5.74) is 0.468. The van der Waals surface area contributed by atoms with Crippen molar-refractivity contribution < 1.29 is 4.79 Å². The van der Waals surface area contributed by atoms with Crippen LogP contribution >= 0.6 is 11.6 Å². The van der Waals surface area contributed by atoms with Gasteiger partial charge in [0.25, 0.3) is 0 Å². The van der Waals surface area contributed by atoms with Crippen molar-refractivity contribution in [3.63, 3.8) is 0 Å². The molecule has 0 amide bonds. The van der Waals surface area contributed by atoms with Gasteiger partial charge in [0.1, 0.15) is 5.78 Å². The van der Waals surface area contributed by atoms with Crippen LogP contribution in [0.3, 0.4) is 0 Å². The van der Waals surface area contributed by atoms with E-state index in [9.17, 15) is 4.79 Å². The number of carbonyl (C=O) groups excluding carboxylic acids is 1. The minimum absolute atomic E-state index is 0.433. The maximum Gasteiger partial charge on any atom is 0.133 e. The molecule has 2 fully saturated rings. The molecule has 13 heavy (non-hydrogen) atoms. The van der Waals surface area contributed by atoms with Crippen molar-refractivity contribution in [1.29, 1.82) is 0 Å². The number of hydrogen-bond acceptors (Lipinski definition) is 1. The SMILES string of the molecule is O=C1CCC2(CCCC2)C(CCl)C1. The molecule has 0 heterocycles. The van der Waals surface area contributed by atoms with Crippen molar-refractivity contribution in [1.82, 2.24) is 0 Å². The number of alkyl halides is 1. The fraction of sp³-hybridized carbons (Fsp3) is 0.909. The minimum atomic E-state index is 0.433. The van der Waals surface area contributed by atoms with Crippen LogP contribution in [0.15, 0.2) is 0 Å². The highest BCUT2D eigenvalue weighted by Crippen LogP contribution is 2.51. The Balaban J connectivity index is 2.12. The van der Waals surface area contributed by atoms with Crippen LogP contribution < -0.4 is 0 Å². The number of halogens is 1.